The molecule has 29 heavy (non-hydrogen) atoms. The molecule has 1 fully saturated rings. The van der Waals surface area contributed by atoms with Crippen molar-refractivity contribution in [3.63, 3.8) is 0 Å². The summed E-state index contributed by atoms with van der Waals surface area (Å²) in [6.45, 7) is 4.02. The molecular weight excluding hydrogens is 364 g/mol. The van der Waals surface area contributed by atoms with E-state index in [0.29, 0.717) is 24.4 Å². The van der Waals surface area contributed by atoms with Gasteiger partial charge in [-0.25, -0.2) is 0 Å². The Morgan fingerprint density at radius 1 is 0.862 bits per heavy atom. The zero-order valence-corrected chi connectivity index (χ0v) is 16.9. The summed E-state index contributed by atoms with van der Waals surface area (Å²) in [5.41, 5.74) is 1.89. The maximum atomic E-state index is 13.2. The minimum absolute atomic E-state index is 0.0386. The number of rotatable bonds is 5. The van der Waals surface area contributed by atoms with Gasteiger partial charge >= 0.3 is 0 Å². The molecule has 1 saturated heterocycles. The molecule has 1 aliphatic rings. The van der Waals surface area contributed by atoms with Crippen LogP contribution < -0.4 is 9.47 Å². The summed E-state index contributed by atoms with van der Waals surface area (Å²) >= 11 is 0. The van der Waals surface area contributed by atoms with E-state index in [-0.39, 0.29) is 5.91 Å². The number of benzene rings is 3. The van der Waals surface area contributed by atoms with Crippen LogP contribution in [0.2, 0.25) is 0 Å². The second kappa shape index (κ2) is 8.53. The van der Waals surface area contributed by atoms with Crippen molar-refractivity contribution in [3.8, 4) is 11.5 Å². The quantitative estimate of drug-likeness (QED) is 0.664. The van der Waals surface area contributed by atoms with Gasteiger partial charge in [0.2, 0.25) is 0 Å². The first kappa shape index (κ1) is 19.3. The molecule has 0 aliphatic carbocycles. The monoisotopic (exact) mass is 390 g/mol. The molecule has 5 heteroatoms. The van der Waals surface area contributed by atoms with Crippen LogP contribution in [0.4, 0.5) is 0 Å². The number of amides is 1. The molecule has 1 amide bonds. The minimum atomic E-state index is 0.0386. The number of methoxy groups -OCH3 is 2. The maximum absolute atomic E-state index is 13.2. The van der Waals surface area contributed by atoms with Gasteiger partial charge in [0.15, 0.2) is 0 Å². The highest BCUT2D eigenvalue weighted by Crippen LogP contribution is 2.27. The topological polar surface area (TPSA) is 42.0 Å². The normalized spacial score (nSPS) is 14.8. The smallest absolute Gasteiger partial charge is 0.257 e. The number of hydrogen-bond acceptors (Lipinski definition) is 4. The van der Waals surface area contributed by atoms with Crippen molar-refractivity contribution in [1.29, 1.82) is 0 Å². The van der Waals surface area contributed by atoms with E-state index in [9.17, 15) is 4.79 Å². The Kier molecular flexibility index (Phi) is 5.67. The third kappa shape index (κ3) is 4.20. The molecule has 0 spiro atoms. The van der Waals surface area contributed by atoms with E-state index in [4.69, 9.17) is 9.47 Å². The van der Waals surface area contributed by atoms with E-state index in [1.165, 1.54) is 5.56 Å². The molecule has 150 valence electrons. The van der Waals surface area contributed by atoms with Crippen molar-refractivity contribution in [1.82, 2.24) is 9.80 Å². The average molecular weight is 390 g/mol. The van der Waals surface area contributed by atoms with Crippen molar-refractivity contribution in [2.45, 2.75) is 6.54 Å². The second-order valence-corrected chi connectivity index (χ2v) is 7.32. The largest absolute Gasteiger partial charge is 0.497 e. The van der Waals surface area contributed by atoms with Gasteiger partial charge < -0.3 is 14.4 Å². The molecule has 0 N–H and O–H groups in total. The molecule has 0 atom stereocenters. The maximum Gasteiger partial charge on any atom is 0.257 e. The zero-order chi connectivity index (χ0) is 20.2. The van der Waals surface area contributed by atoms with Gasteiger partial charge in [0.25, 0.3) is 5.91 Å². The van der Waals surface area contributed by atoms with Gasteiger partial charge in [-0.1, -0.05) is 36.4 Å². The summed E-state index contributed by atoms with van der Waals surface area (Å²) in [4.78, 5) is 17.5. The summed E-state index contributed by atoms with van der Waals surface area (Å²) in [6.07, 6.45) is 0. The highest BCUT2D eigenvalue weighted by atomic mass is 16.5. The molecule has 3 aromatic rings. The highest BCUT2D eigenvalue weighted by molar-refractivity contribution is 6.01. The van der Waals surface area contributed by atoms with Crippen molar-refractivity contribution >= 4 is 16.7 Å². The Labute approximate surface area is 171 Å². The molecule has 0 aromatic heterocycles. The van der Waals surface area contributed by atoms with Crippen LogP contribution in [0, 0.1) is 0 Å². The molecule has 4 rings (SSSR count). The Hall–Kier alpha value is -3.05. The van der Waals surface area contributed by atoms with Crippen molar-refractivity contribution in [2.24, 2.45) is 0 Å². The number of ether oxygens (including phenoxy) is 2. The van der Waals surface area contributed by atoms with Crippen molar-refractivity contribution < 1.29 is 14.3 Å². The van der Waals surface area contributed by atoms with Crippen LogP contribution in [-0.2, 0) is 6.54 Å². The van der Waals surface area contributed by atoms with Gasteiger partial charge in [-0.05, 0) is 40.6 Å². The van der Waals surface area contributed by atoms with Crippen LogP contribution in [0.15, 0.2) is 60.7 Å². The fraction of sp³-hybridized carbons (Fsp3) is 0.292. The Balaban J connectivity index is 1.43. The van der Waals surface area contributed by atoms with Crippen LogP contribution in [0.5, 0.6) is 11.5 Å². The first-order valence-corrected chi connectivity index (χ1v) is 9.89. The zero-order valence-electron chi connectivity index (χ0n) is 16.9. The number of fused-ring (bicyclic) bond motifs is 1. The van der Waals surface area contributed by atoms with E-state index in [1.54, 1.807) is 14.2 Å². The summed E-state index contributed by atoms with van der Waals surface area (Å²) in [5, 5.41) is 2.13. The predicted molar refractivity (Wildman–Crippen MR) is 115 cm³/mol. The summed E-state index contributed by atoms with van der Waals surface area (Å²) < 4.78 is 10.7. The lowest BCUT2D eigenvalue weighted by Gasteiger charge is -2.35. The van der Waals surface area contributed by atoms with Gasteiger partial charge in [-0.3, -0.25) is 9.69 Å². The number of piperazine rings is 1. The molecule has 0 saturated carbocycles. The van der Waals surface area contributed by atoms with E-state index >= 15 is 0 Å². The molecule has 0 radical (unpaired) electrons. The summed E-state index contributed by atoms with van der Waals surface area (Å²) in [5.74, 6) is 1.54. The number of hydrogen-bond donors (Lipinski definition) is 0. The van der Waals surface area contributed by atoms with Gasteiger partial charge in [-0.2, -0.15) is 0 Å². The van der Waals surface area contributed by atoms with Gasteiger partial charge in [0.1, 0.15) is 11.5 Å². The Morgan fingerprint density at radius 3 is 2.14 bits per heavy atom. The van der Waals surface area contributed by atoms with E-state index in [1.807, 2.05) is 53.4 Å². The SMILES string of the molecule is COc1ccc(CN2CCN(C(=O)c3cc4ccccc4cc3OC)CC2)cc1. The summed E-state index contributed by atoms with van der Waals surface area (Å²) in [6, 6.07) is 20.1. The predicted octanol–water partition coefficient (Wildman–Crippen LogP) is 3.82. The third-order valence-electron chi connectivity index (χ3n) is 5.52. The van der Waals surface area contributed by atoms with Crippen LogP contribution >= 0.6 is 0 Å². The molecule has 5 nitrogen and oxygen atoms in total. The van der Waals surface area contributed by atoms with Crippen molar-refractivity contribution in [3.05, 3.63) is 71.8 Å². The van der Waals surface area contributed by atoms with E-state index in [0.717, 1.165) is 36.2 Å². The molecular formula is C24H26N2O3. The van der Waals surface area contributed by atoms with Gasteiger partial charge in [-0.15, -0.1) is 0 Å². The van der Waals surface area contributed by atoms with E-state index < -0.39 is 0 Å². The molecule has 3 aromatic carbocycles. The number of carbonyl (C=O) groups is 1. The van der Waals surface area contributed by atoms with Gasteiger partial charge in [0.05, 0.1) is 19.8 Å². The lowest BCUT2D eigenvalue weighted by atomic mass is 10.0. The number of nitrogens with zero attached hydrogens (tertiary/aromatic N) is 2. The minimum Gasteiger partial charge on any atom is -0.497 e. The van der Waals surface area contributed by atoms with Crippen molar-refractivity contribution in [2.75, 3.05) is 40.4 Å². The molecule has 0 bridgehead atoms. The first-order chi connectivity index (χ1) is 14.2. The molecule has 1 aliphatic heterocycles. The second-order valence-electron chi connectivity index (χ2n) is 7.32. The van der Waals surface area contributed by atoms with Crippen LogP contribution in [0.25, 0.3) is 10.8 Å². The number of carbonyl (C=O) groups excluding carboxylic acids is 1. The van der Waals surface area contributed by atoms with Crippen LogP contribution in [-0.4, -0.2) is 56.1 Å². The lowest BCUT2D eigenvalue weighted by Crippen LogP contribution is -2.48. The average Bonchev–Trinajstić information content (AvgIpc) is 2.78. The Bertz CT molecular complexity index is 993. The van der Waals surface area contributed by atoms with E-state index in [2.05, 4.69) is 17.0 Å². The fourth-order valence-electron chi connectivity index (χ4n) is 3.82. The summed E-state index contributed by atoms with van der Waals surface area (Å²) in [7, 11) is 3.30. The molecule has 1 heterocycles. The Morgan fingerprint density at radius 2 is 1.52 bits per heavy atom. The standard InChI is InChI=1S/C24H26N2O3/c1-28-21-9-7-18(8-10-21)17-25-11-13-26(14-12-25)24(27)22-15-19-5-3-4-6-20(19)16-23(22)29-2/h3-10,15-16H,11-14,17H2,1-2H3. The van der Waals surface area contributed by atoms with Gasteiger partial charge in [0, 0.05) is 32.7 Å². The lowest BCUT2D eigenvalue weighted by molar-refractivity contribution is 0.0625. The fourth-order valence-corrected chi connectivity index (χ4v) is 3.82. The third-order valence-corrected chi connectivity index (χ3v) is 5.52. The highest BCUT2D eigenvalue weighted by Gasteiger charge is 2.24. The van der Waals surface area contributed by atoms with Crippen LogP contribution in [0.3, 0.4) is 0 Å². The van der Waals surface area contributed by atoms with Crippen LogP contribution in [0.1, 0.15) is 15.9 Å². The molecule has 0 unspecified atom stereocenters. The first-order valence-electron chi connectivity index (χ1n) is 9.89.